The molecule has 0 radical (unpaired) electrons. The zero-order chi connectivity index (χ0) is 26.7. The highest BCUT2D eigenvalue weighted by Gasteiger charge is 2.19. The van der Waals surface area contributed by atoms with Crippen molar-refractivity contribution in [3.63, 3.8) is 0 Å². The summed E-state index contributed by atoms with van der Waals surface area (Å²) in [5, 5.41) is 17.0. The van der Waals surface area contributed by atoms with Gasteiger partial charge in [0.05, 0.1) is 28.4 Å². The number of aliphatic imine (C=N–C) groups is 1. The second-order valence-electron chi connectivity index (χ2n) is 9.00. The van der Waals surface area contributed by atoms with Gasteiger partial charge >= 0.3 is 0 Å². The lowest BCUT2D eigenvalue weighted by Gasteiger charge is -2.10. The third-order valence-corrected chi connectivity index (χ3v) is 6.39. The number of aromatic nitrogens is 7. The molecular formula is C30H20N8O2. The zero-order valence-corrected chi connectivity index (χ0v) is 21.0. The maximum Gasteiger partial charge on any atom is 0.249 e. The van der Waals surface area contributed by atoms with Crippen LogP contribution in [0.5, 0.6) is 0 Å². The molecule has 10 nitrogen and oxygen atoms in total. The normalized spacial score (nSPS) is 13.1. The van der Waals surface area contributed by atoms with E-state index in [0.29, 0.717) is 29.1 Å². The van der Waals surface area contributed by atoms with Crippen molar-refractivity contribution >= 4 is 11.3 Å². The lowest BCUT2D eigenvalue weighted by Crippen LogP contribution is -2.06. The van der Waals surface area contributed by atoms with Crippen LogP contribution in [-0.2, 0) is 0 Å². The Hall–Kier alpha value is -5.64. The van der Waals surface area contributed by atoms with Gasteiger partial charge in [-0.2, -0.15) is 0 Å². The molecule has 40 heavy (non-hydrogen) atoms. The molecule has 6 aromatic rings. The second kappa shape index (κ2) is 10.3. The molecule has 0 bridgehead atoms. The fourth-order valence-electron chi connectivity index (χ4n) is 4.33. The van der Waals surface area contributed by atoms with Crippen LogP contribution in [0.2, 0.25) is 0 Å². The Kier molecular flexibility index (Phi) is 6.02. The van der Waals surface area contributed by atoms with E-state index in [9.17, 15) is 0 Å². The summed E-state index contributed by atoms with van der Waals surface area (Å²) < 4.78 is 12.0. The average Bonchev–Trinajstić information content (AvgIpc) is 3.74. The molecule has 0 amide bonds. The minimum absolute atomic E-state index is 0.371. The number of hydrogen-bond donors (Lipinski definition) is 0. The first-order chi connectivity index (χ1) is 19.8. The Morgan fingerprint density at radius 3 is 1.80 bits per heavy atom. The predicted octanol–water partition coefficient (Wildman–Crippen LogP) is 5.93. The van der Waals surface area contributed by atoms with E-state index in [2.05, 4.69) is 40.3 Å². The number of pyridine rings is 3. The Morgan fingerprint density at radius 1 is 0.525 bits per heavy atom. The van der Waals surface area contributed by atoms with Gasteiger partial charge in [-0.05, 0) is 67.4 Å². The molecule has 0 unspecified atom stereocenters. The molecule has 0 aliphatic carbocycles. The molecule has 10 heteroatoms. The third-order valence-electron chi connectivity index (χ3n) is 6.39. The van der Waals surface area contributed by atoms with Crippen molar-refractivity contribution in [3.05, 3.63) is 109 Å². The van der Waals surface area contributed by atoms with Gasteiger partial charge in [0.15, 0.2) is 0 Å². The summed E-state index contributed by atoms with van der Waals surface area (Å²) in [6.45, 7) is 0. The molecule has 0 fully saturated rings. The molecule has 1 aromatic carbocycles. The average molecular weight is 525 g/mol. The molecule has 6 heterocycles. The van der Waals surface area contributed by atoms with E-state index in [0.717, 1.165) is 52.3 Å². The van der Waals surface area contributed by atoms with Gasteiger partial charge < -0.3 is 8.83 Å². The van der Waals surface area contributed by atoms with E-state index in [4.69, 9.17) is 8.83 Å². The first kappa shape index (κ1) is 23.5. The van der Waals surface area contributed by atoms with Crippen molar-refractivity contribution in [3.8, 4) is 45.8 Å². The van der Waals surface area contributed by atoms with Crippen molar-refractivity contribution < 1.29 is 8.83 Å². The van der Waals surface area contributed by atoms with E-state index in [1.54, 1.807) is 24.8 Å². The minimum atomic E-state index is 0.371. The molecule has 0 saturated heterocycles. The van der Waals surface area contributed by atoms with Crippen molar-refractivity contribution in [2.24, 2.45) is 4.99 Å². The minimum Gasteiger partial charge on any atom is -0.416 e. The predicted molar refractivity (Wildman–Crippen MR) is 147 cm³/mol. The SMILES string of the molecule is C1=C(c2nnc(-c3cccc(-c4nnc(-c5ccc(-c6ccccn6)nc5)o4)c3)o2)CCC(c2ccccn2)=N1. The molecule has 192 valence electrons. The highest BCUT2D eigenvalue weighted by molar-refractivity contribution is 6.01. The van der Waals surface area contributed by atoms with Crippen molar-refractivity contribution in [1.29, 1.82) is 0 Å². The fourth-order valence-corrected chi connectivity index (χ4v) is 4.33. The van der Waals surface area contributed by atoms with E-state index in [1.165, 1.54) is 0 Å². The maximum atomic E-state index is 6.01. The fraction of sp³-hybridized carbons (Fsp3) is 0.0667. The van der Waals surface area contributed by atoms with Crippen LogP contribution < -0.4 is 0 Å². The number of rotatable bonds is 6. The van der Waals surface area contributed by atoms with Crippen molar-refractivity contribution in [1.82, 2.24) is 35.3 Å². The summed E-state index contributed by atoms with van der Waals surface area (Å²) in [6.07, 6.45) is 8.46. The van der Waals surface area contributed by atoms with Gasteiger partial charge in [-0.15, -0.1) is 20.4 Å². The molecule has 1 aliphatic rings. The molecule has 1 aliphatic heterocycles. The highest BCUT2D eigenvalue weighted by atomic mass is 16.4. The van der Waals surface area contributed by atoms with Gasteiger partial charge in [0.1, 0.15) is 0 Å². The molecule has 0 atom stereocenters. The largest absolute Gasteiger partial charge is 0.416 e. The van der Waals surface area contributed by atoms with Crippen LogP contribution in [0.1, 0.15) is 24.4 Å². The molecule has 5 aromatic heterocycles. The Bertz CT molecular complexity index is 1840. The molecule has 7 rings (SSSR count). The molecule has 0 N–H and O–H groups in total. The summed E-state index contributed by atoms with van der Waals surface area (Å²) in [6, 6.07) is 22.8. The van der Waals surface area contributed by atoms with Crippen LogP contribution in [0.4, 0.5) is 0 Å². The maximum absolute atomic E-state index is 6.01. The van der Waals surface area contributed by atoms with Gasteiger partial charge in [0.2, 0.25) is 23.6 Å². The standard InChI is InChI=1S/C30H20N8O2/c1-3-14-31-23(8-1)25-12-10-21(17-33-25)29-37-35-27(39-29)19-6-5-7-20(16-19)28-36-38-30(40-28)22-11-13-26(34-18-22)24-9-2-4-15-32-24/h1-10,12,14-18H,11,13H2. The highest BCUT2D eigenvalue weighted by Crippen LogP contribution is 2.30. The van der Waals surface area contributed by atoms with E-state index >= 15 is 0 Å². The van der Waals surface area contributed by atoms with Crippen LogP contribution >= 0.6 is 0 Å². The smallest absolute Gasteiger partial charge is 0.249 e. The van der Waals surface area contributed by atoms with E-state index in [-0.39, 0.29) is 0 Å². The lowest BCUT2D eigenvalue weighted by molar-refractivity contribution is 0.550. The van der Waals surface area contributed by atoms with Crippen molar-refractivity contribution in [2.45, 2.75) is 12.8 Å². The third kappa shape index (κ3) is 4.69. The summed E-state index contributed by atoms with van der Waals surface area (Å²) in [7, 11) is 0. The first-order valence-electron chi connectivity index (χ1n) is 12.6. The summed E-state index contributed by atoms with van der Waals surface area (Å²) in [5.74, 6) is 1.59. The van der Waals surface area contributed by atoms with Crippen molar-refractivity contribution in [2.75, 3.05) is 0 Å². The van der Waals surface area contributed by atoms with Crippen LogP contribution in [0.15, 0.2) is 111 Å². The Balaban J connectivity index is 1.10. The Labute approximate surface area is 228 Å². The summed E-state index contributed by atoms with van der Waals surface area (Å²) in [5.41, 5.74) is 6.45. The van der Waals surface area contributed by atoms with Gasteiger partial charge in [0.25, 0.3) is 0 Å². The quantitative estimate of drug-likeness (QED) is 0.260. The van der Waals surface area contributed by atoms with Gasteiger partial charge in [0, 0.05) is 41.5 Å². The van der Waals surface area contributed by atoms with Gasteiger partial charge in [-0.3, -0.25) is 19.9 Å². The molecule has 0 spiro atoms. The van der Waals surface area contributed by atoms with Crippen LogP contribution in [0, 0.1) is 0 Å². The zero-order valence-electron chi connectivity index (χ0n) is 21.0. The monoisotopic (exact) mass is 524 g/mol. The molecular weight excluding hydrogens is 504 g/mol. The number of benzene rings is 1. The number of nitrogens with zero attached hydrogens (tertiary/aromatic N) is 8. The van der Waals surface area contributed by atoms with Crippen LogP contribution in [-0.4, -0.2) is 41.1 Å². The summed E-state index contributed by atoms with van der Waals surface area (Å²) in [4.78, 5) is 17.8. The topological polar surface area (TPSA) is 129 Å². The Morgan fingerprint density at radius 2 is 1.18 bits per heavy atom. The first-order valence-corrected chi connectivity index (χ1v) is 12.6. The van der Waals surface area contributed by atoms with Crippen LogP contribution in [0.25, 0.3) is 51.3 Å². The molecule has 0 saturated carbocycles. The summed E-state index contributed by atoms with van der Waals surface area (Å²) >= 11 is 0. The lowest BCUT2D eigenvalue weighted by atomic mass is 10.0. The second-order valence-corrected chi connectivity index (χ2v) is 9.00. The van der Waals surface area contributed by atoms with Crippen LogP contribution in [0.3, 0.4) is 0 Å². The number of hydrogen-bond acceptors (Lipinski definition) is 10. The van der Waals surface area contributed by atoms with E-state index in [1.807, 2.05) is 72.8 Å². The van der Waals surface area contributed by atoms with Gasteiger partial charge in [-0.25, -0.2) is 0 Å². The van der Waals surface area contributed by atoms with Gasteiger partial charge in [-0.1, -0.05) is 18.2 Å². The van der Waals surface area contributed by atoms with E-state index < -0.39 is 0 Å². The number of allylic oxidation sites excluding steroid dienone is 1.